The van der Waals surface area contributed by atoms with Crippen LogP contribution in [0.4, 0.5) is 30.6 Å². The first-order valence-electron chi connectivity index (χ1n) is 9.71. The van der Waals surface area contributed by atoms with Crippen LogP contribution >= 0.6 is 11.6 Å². The first kappa shape index (κ1) is 23.6. The molecule has 170 valence electrons. The van der Waals surface area contributed by atoms with Crippen molar-refractivity contribution in [2.24, 2.45) is 0 Å². The Morgan fingerprint density at radius 1 is 1.06 bits per heavy atom. The lowest BCUT2D eigenvalue weighted by Gasteiger charge is -2.14. The molecule has 32 heavy (non-hydrogen) atoms. The lowest BCUT2D eigenvalue weighted by molar-refractivity contribution is -0.274. The van der Waals surface area contributed by atoms with Crippen molar-refractivity contribution in [1.29, 1.82) is 0 Å². The number of halogens is 4. The topological polar surface area (TPSA) is 75.2 Å². The zero-order valence-electron chi connectivity index (χ0n) is 17.4. The van der Waals surface area contributed by atoms with Gasteiger partial charge in [-0.2, -0.15) is 4.98 Å². The number of alkyl halides is 3. The van der Waals surface area contributed by atoms with Crippen molar-refractivity contribution >= 4 is 29.1 Å². The average molecular weight is 467 g/mol. The first-order chi connectivity index (χ1) is 15.2. The minimum Gasteiger partial charge on any atom is -0.404 e. The molecule has 0 radical (unpaired) electrons. The third kappa shape index (κ3) is 7.24. The van der Waals surface area contributed by atoms with Gasteiger partial charge >= 0.3 is 6.36 Å². The molecular formula is C21H22ClF3N6O. The summed E-state index contributed by atoms with van der Waals surface area (Å²) in [6, 6.07) is 11.1. The van der Waals surface area contributed by atoms with E-state index in [1.807, 2.05) is 26.2 Å². The third-order valence-corrected chi connectivity index (χ3v) is 4.44. The summed E-state index contributed by atoms with van der Waals surface area (Å²) >= 11 is 5.95. The molecule has 0 atom stereocenters. The van der Waals surface area contributed by atoms with Crippen LogP contribution in [0.1, 0.15) is 6.42 Å². The number of hydrogen-bond acceptors (Lipinski definition) is 7. The van der Waals surface area contributed by atoms with Crippen molar-refractivity contribution < 1.29 is 17.9 Å². The smallest absolute Gasteiger partial charge is 0.404 e. The number of nitrogens with zero attached hydrogens (tertiary/aromatic N) is 4. The normalized spacial score (nSPS) is 11.5. The highest BCUT2D eigenvalue weighted by atomic mass is 35.5. The van der Waals surface area contributed by atoms with Crippen molar-refractivity contribution in [3.05, 3.63) is 53.7 Å². The van der Waals surface area contributed by atoms with Gasteiger partial charge in [0, 0.05) is 24.5 Å². The summed E-state index contributed by atoms with van der Waals surface area (Å²) in [5.41, 5.74) is 1.68. The third-order valence-electron chi connectivity index (χ3n) is 4.15. The highest BCUT2D eigenvalue weighted by Gasteiger charge is 2.32. The predicted octanol–water partition coefficient (Wildman–Crippen LogP) is 5.20. The van der Waals surface area contributed by atoms with E-state index in [1.54, 1.807) is 18.3 Å². The quantitative estimate of drug-likeness (QED) is 0.420. The summed E-state index contributed by atoms with van der Waals surface area (Å²) in [6.45, 7) is 1.57. The van der Waals surface area contributed by atoms with Gasteiger partial charge in [-0.15, -0.1) is 13.2 Å². The maximum Gasteiger partial charge on any atom is 0.573 e. The van der Waals surface area contributed by atoms with Gasteiger partial charge in [-0.3, -0.25) is 4.98 Å². The number of aromatic nitrogens is 3. The van der Waals surface area contributed by atoms with Gasteiger partial charge in [0.05, 0.1) is 16.4 Å². The zero-order chi connectivity index (χ0) is 23.1. The van der Waals surface area contributed by atoms with E-state index in [2.05, 4.69) is 35.2 Å². The second kappa shape index (κ2) is 10.5. The molecule has 11 heteroatoms. The van der Waals surface area contributed by atoms with Gasteiger partial charge in [-0.05, 0) is 57.4 Å². The SMILES string of the molecule is CN(C)CCCNc1nc(Nc2ccc(OC(F)(F)F)c(Cl)c2)cc(-c2ccccn2)n1. The summed E-state index contributed by atoms with van der Waals surface area (Å²) in [4.78, 5) is 15.4. The molecule has 0 aliphatic heterocycles. The second-order valence-corrected chi connectivity index (χ2v) is 7.49. The lowest BCUT2D eigenvalue weighted by Crippen LogP contribution is -2.17. The molecule has 2 N–H and O–H groups in total. The molecule has 3 aromatic rings. The van der Waals surface area contributed by atoms with Crippen LogP contribution in [0.25, 0.3) is 11.4 Å². The maximum atomic E-state index is 12.5. The summed E-state index contributed by atoms with van der Waals surface area (Å²) in [7, 11) is 3.99. The molecule has 2 aromatic heterocycles. The largest absolute Gasteiger partial charge is 0.573 e. The number of anilines is 3. The van der Waals surface area contributed by atoms with Crippen molar-refractivity contribution in [2.75, 3.05) is 37.8 Å². The van der Waals surface area contributed by atoms with E-state index in [0.717, 1.165) is 19.0 Å². The van der Waals surface area contributed by atoms with Gasteiger partial charge in [0.25, 0.3) is 0 Å². The Morgan fingerprint density at radius 2 is 1.88 bits per heavy atom. The minimum atomic E-state index is -4.82. The number of ether oxygens (including phenoxy) is 1. The van der Waals surface area contributed by atoms with Gasteiger partial charge in [0.2, 0.25) is 5.95 Å². The van der Waals surface area contributed by atoms with Crippen LogP contribution in [-0.4, -0.2) is 53.4 Å². The average Bonchev–Trinajstić information content (AvgIpc) is 2.73. The number of rotatable bonds is 9. The summed E-state index contributed by atoms with van der Waals surface area (Å²) in [5, 5.41) is 6.05. The molecule has 0 unspecified atom stereocenters. The van der Waals surface area contributed by atoms with Gasteiger partial charge in [-0.1, -0.05) is 17.7 Å². The molecule has 7 nitrogen and oxygen atoms in total. The fraction of sp³-hybridized carbons (Fsp3) is 0.286. The molecule has 0 aliphatic rings. The van der Waals surface area contributed by atoms with Gasteiger partial charge in [0.1, 0.15) is 11.6 Å². The number of benzene rings is 1. The molecule has 1 aromatic carbocycles. The van der Waals surface area contributed by atoms with E-state index in [4.69, 9.17) is 11.6 Å². The number of hydrogen-bond donors (Lipinski definition) is 2. The van der Waals surface area contributed by atoms with Crippen molar-refractivity contribution in [1.82, 2.24) is 19.9 Å². The van der Waals surface area contributed by atoms with E-state index in [0.29, 0.717) is 35.4 Å². The van der Waals surface area contributed by atoms with Crippen molar-refractivity contribution in [2.45, 2.75) is 12.8 Å². The van der Waals surface area contributed by atoms with Crippen LogP contribution in [-0.2, 0) is 0 Å². The molecule has 0 saturated heterocycles. The van der Waals surface area contributed by atoms with E-state index in [1.165, 1.54) is 12.1 Å². The van der Waals surface area contributed by atoms with Gasteiger partial charge in [-0.25, -0.2) is 4.98 Å². The lowest BCUT2D eigenvalue weighted by atomic mass is 10.2. The summed E-state index contributed by atoms with van der Waals surface area (Å²) in [6.07, 6.45) is -2.27. The Balaban J connectivity index is 1.83. The molecule has 3 rings (SSSR count). The highest BCUT2D eigenvalue weighted by molar-refractivity contribution is 6.32. The number of nitrogens with one attached hydrogen (secondary N) is 2. The van der Waals surface area contributed by atoms with Gasteiger partial charge < -0.3 is 20.3 Å². The molecular weight excluding hydrogens is 445 g/mol. The Kier molecular flexibility index (Phi) is 7.70. The molecule has 0 amide bonds. The van der Waals surface area contributed by atoms with E-state index in [-0.39, 0.29) is 5.02 Å². The molecule has 0 spiro atoms. The van der Waals surface area contributed by atoms with Crippen LogP contribution in [0.3, 0.4) is 0 Å². The van der Waals surface area contributed by atoms with E-state index >= 15 is 0 Å². The Hall–Kier alpha value is -3.11. The van der Waals surface area contributed by atoms with Gasteiger partial charge in [0.15, 0.2) is 0 Å². The Bertz CT molecular complexity index is 1030. The summed E-state index contributed by atoms with van der Waals surface area (Å²) < 4.78 is 41.3. The van der Waals surface area contributed by atoms with Crippen LogP contribution < -0.4 is 15.4 Å². The van der Waals surface area contributed by atoms with Crippen LogP contribution in [0.15, 0.2) is 48.7 Å². The van der Waals surface area contributed by atoms with E-state index in [9.17, 15) is 13.2 Å². The standard InChI is InChI=1S/C21H22ClF3N6O/c1-31(2)11-5-10-27-20-29-17(16-6-3-4-9-26-16)13-19(30-20)28-14-7-8-18(15(22)12-14)32-21(23,24)25/h3-4,6-9,12-13H,5,10-11H2,1-2H3,(H2,27,28,29,30). The molecule has 0 bridgehead atoms. The Labute approximate surface area is 188 Å². The van der Waals surface area contributed by atoms with E-state index < -0.39 is 12.1 Å². The molecule has 0 fully saturated rings. The molecule has 0 aliphatic carbocycles. The number of pyridine rings is 1. The summed E-state index contributed by atoms with van der Waals surface area (Å²) in [5.74, 6) is 0.346. The maximum absolute atomic E-state index is 12.5. The highest BCUT2D eigenvalue weighted by Crippen LogP contribution is 2.33. The van der Waals surface area contributed by atoms with Crippen LogP contribution in [0, 0.1) is 0 Å². The second-order valence-electron chi connectivity index (χ2n) is 7.08. The molecule has 2 heterocycles. The monoisotopic (exact) mass is 466 g/mol. The Morgan fingerprint density at radius 3 is 2.53 bits per heavy atom. The van der Waals surface area contributed by atoms with Crippen molar-refractivity contribution in [3.63, 3.8) is 0 Å². The van der Waals surface area contributed by atoms with Crippen LogP contribution in [0.5, 0.6) is 5.75 Å². The zero-order valence-corrected chi connectivity index (χ0v) is 18.2. The van der Waals surface area contributed by atoms with Crippen molar-refractivity contribution in [3.8, 4) is 17.1 Å². The first-order valence-corrected chi connectivity index (χ1v) is 10.1. The fourth-order valence-corrected chi connectivity index (χ4v) is 2.98. The predicted molar refractivity (Wildman–Crippen MR) is 118 cm³/mol. The fourth-order valence-electron chi connectivity index (χ4n) is 2.77. The minimum absolute atomic E-state index is 0.187. The van der Waals surface area contributed by atoms with Crippen LogP contribution in [0.2, 0.25) is 5.02 Å². The molecule has 0 saturated carbocycles.